The van der Waals surface area contributed by atoms with E-state index in [1.54, 1.807) is 19.2 Å². The Balaban J connectivity index is 1.41. The molecule has 34 heavy (non-hydrogen) atoms. The van der Waals surface area contributed by atoms with E-state index in [9.17, 15) is 13.2 Å². The molecule has 2 aromatic carbocycles. The van der Waals surface area contributed by atoms with Crippen molar-refractivity contribution >= 4 is 43.9 Å². The minimum absolute atomic E-state index is 0.0649. The fourth-order valence-electron chi connectivity index (χ4n) is 4.27. The molecule has 1 saturated heterocycles. The number of nitrogens with zero attached hydrogens (tertiary/aromatic N) is 3. The quantitative estimate of drug-likeness (QED) is 0.554. The van der Waals surface area contributed by atoms with Gasteiger partial charge in [0.1, 0.15) is 16.5 Å². The Morgan fingerprint density at radius 3 is 2.82 bits per heavy atom. The van der Waals surface area contributed by atoms with Gasteiger partial charge in [-0.25, -0.2) is 4.98 Å². The van der Waals surface area contributed by atoms with Gasteiger partial charge in [-0.05, 0) is 50.1 Å². The van der Waals surface area contributed by atoms with E-state index < -0.39 is 15.9 Å². The minimum Gasteiger partial charge on any atom is -0.496 e. The number of sulfonamides is 1. The molecular formula is C24H24N4O4S2. The summed E-state index contributed by atoms with van der Waals surface area (Å²) in [4.78, 5) is 19.5. The molecule has 0 radical (unpaired) electrons. The van der Waals surface area contributed by atoms with E-state index in [-0.39, 0.29) is 10.5 Å². The number of aryl methyl sites for hydroxylation is 1. The molecule has 176 valence electrons. The zero-order chi connectivity index (χ0) is 23.9. The summed E-state index contributed by atoms with van der Waals surface area (Å²) in [7, 11) is -2.26. The van der Waals surface area contributed by atoms with Crippen LogP contribution in [0.15, 0.2) is 51.1 Å². The van der Waals surface area contributed by atoms with Crippen LogP contribution in [-0.2, 0) is 10.0 Å². The molecule has 5 rings (SSSR count). The van der Waals surface area contributed by atoms with E-state index in [4.69, 9.17) is 4.74 Å². The summed E-state index contributed by atoms with van der Waals surface area (Å²) in [6.07, 6.45) is 3.57. The minimum atomic E-state index is -3.86. The highest BCUT2D eigenvalue weighted by Gasteiger charge is 2.32. The molecule has 0 spiro atoms. The number of carbonyl (C=O) groups excluding carboxylic acids is 1. The SMILES string of the molecule is COc1ccc(C)cc1-c1csc(NC(=O)c2ccc3c(c2)S(=O)(=O)N=C2CCCCCN23)n1. The van der Waals surface area contributed by atoms with Crippen LogP contribution in [0.1, 0.15) is 41.6 Å². The first-order valence-corrected chi connectivity index (χ1v) is 13.3. The van der Waals surface area contributed by atoms with Crippen molar-refractivity contribution in [2.24, 2.45) is 4.40 Å². The molecule has 8 nitrogen and oxygen atoms in total. The van der Waals surface area contributed by atoms with Crippen molar-refractivity contribution in [3.8, 4) is 17.0 Å². The lowest BCUT2D eigenvalue weighted by Crippen LogP contribution is -2.35. The number of ether oxygens (including phenoxy) is 1. The summed E-state index contributed by atoms with van der Waals surface area (Å²) >= 11 is 1.29. The second kappa shape index (κ2) is 8.84. The summed E-state index contributed by atoms with van der Waals surface area (Å²) in [6.45, 7) is 2.71. The Morgan fingerprint density at radius 2 is 2.00 bits per heavy atom. The van der Waals surface area contributed by atoms with Crippen molar-refractivity contribution in [2.45, 2.75) is 37.5 Å². The number of amides is 1. The first-order chi connectivity index (χ1) is 16.4. The van der Waals surface area contributed by atoms with Crippen molar-refractivity contribution in [3.63, 3.8) is 0 Å². The Hall–Kier alpha value is -3.24. The number of thiazole rings is 1. The van der Waals surface area contributed by atoms with Crippen molar-refractivity contribution in [1.29, 1.82) is 0 Å². The first kappa shape index (κ1) is 22.5. The highest BCUT2D eigenvalue weighted by Crippen LogP contribution is 2.36. The van der Waals surface area contributed by atoms with Gasteiger partial charge in [-0.1, -0.05) is 18.1 Å². The second-order valence-corrected chi connectivity index (χ2v) is 10.8. The Labute approximate surface area is 202 Å². The molecule has 1 N–H and O–H groups in total. The van der Waals surface area contributed by atoms with Crippen molar-refractivity contribution < 1.29 is 17.9 Å². The van der Waals surface area contributed by atoms with E-state index in [0.29, 0.717) is 34.5 Å². The molecule has 2 aliphatic heterocycles. The fourth-order valence-corrected chi connectivity index (χ4v) is 6.26. The predicted molar refractivity (Wildman–Crippen MR) is 134 cm³/mol. The fraction of sp³-hybridized carbons (Fsp3) is 0.292. The third-order valence-corrected chi connectivity index (χ3v) is 8.06. The Bertz CT molecular complexity index is 1410. The third-order valence-electron chi connectivity index (χ3n) is 5.97. The molecule has 2 aliphatic rings. The molecule has 0 saturated carbocycles. The maximum Gasteiger partial charge on any atom is 0.286 e. The molecule has 0 atom stereocenters. The van der Waals surface area contributed by atoms with Gasteiger partial charge in [0.2, 0.25) is 0 Å². The number of amidine groups is 1. The summed E-state index contributed by atoms with van der Waals surface area (Å²) in [6, 6.07) is 10.6. The first-order valence-electron chi connectivity index (χ1n) is 11.0. The molecule has 10 heteroatoms. The van der Waals surface area contributed by atoms with Gasteiger partial charge in [-0.3, -0.25) is 10.1 Å². The van der Waals surface area contributed by atoms with E-state index in [1.165, 1.54) is 17.4 Å². The summed E-state index contributed by atoms with van der Waals surface area (Å²) in [5.41, 5.74) is 3.43. The van der Waals surface area contributed by atoms with Gasteiger partial charge in [0, 0.05) is 29.5 Å². The number of fused-ring (bicyclic) bond motifs is 3. The predicted octanol–water partition coefficient (Wildman–Crippen LogP) is 4.86. The van der Waals surface area contributed by atoms with Crippen LogP contribution >= 0.6 is 11.3 Å². The average Bonchev–Trinajstić information content (AvgIpc) is 3.15. The lowest BCUT2D eigenvalue weighted by Gasteiger charge is -2.29. The number of rotatable bonds is 4. The van der Waals surface area contributed by atoms with Crippen molar-refractivity contribution in [3.05, 3.63) is 52.9 Å². The number of hydrogen-bond donors (Lipinski definition) is 1. The van der Waals surface area contributed by atoms with Crippen molar-refractivity contribution in [2.75, 3.05) is 23.9 Å². The lowest BCUT2D eigenvalue weighted by molar-refractivity contribution is 0.102. The summed E-state index contributed by atoms with van der Waals surface area (Å²) < 4.78 is 35.2. The maximum atomic E-state index is 13.0. The monoisotopic (exact) mass is 496 g/mol. The number of aromatic nitrogens is 1. The van der Waals surface area contributed by atoms with Gasteiger partial charge in [0.05, 0.1) is 18.5 Å². The smallest absolute Gasteiger partial charge is 0.286 e. The molecule has 0 aliphatic carbocycles. The van der Waals surface area contributed by atoms with Gasteiger partial charge in [0.25, 0.3) is 15.9 Å². The third kappa shape index (κ3) is 4.19. The van der Waals surface area contributed by atoms with E-state index >= 15 is 0 Å². The number of methoxy groups -OCH3 is 1. The lowest BCUT2D eigenvalue weighted by atomic mass is 10.1. The van der Waals surface area contributed by atoms with Crippen LogP contribution in [0.3, 0.4) is 0 Å². The van der Waals surface area contributed by atoms with Crippen LogP contribution < -0.4 is 15.0 Å². The molecule has 3 heterocycles. The standard InChI is InChI=1S/C24H24N4O4S2/c1-15-7-10-20(32-2)17(12-15)18-14-33-24(25-18)26-23(29)16-8-9-19-21(13-16)34(30,31)27-22-6-4-3-5-11-28(19)22/h7-10,12-14H,3-6,11H2,1-2H3,(H,25,26,29). The molecule has 1 fully saturated rings. The van der Waals surface area contributed by atoms with Gasteiger partial charge in [-0.2, -0.15) is 8.42 Å². The van der Waals surface area contributed by atoms with Gasteiger partial charge in [0.15, 0.2) is 5.13 Å². The molecule has 0 bridgehead atoms. The number of carbonyl (C=O) groups is 1. The van der Waals surface area contributed by atoms with Crippen LogP contribution in [0, 0.1) is 6.92 Å². The van der Waals surface area contributed by atoms with E-state index in [1.807, 2.05) is 35.4 Å². The van der Waals surface area contributed by atoms with Crippen LogP contribution in [0.4, 0.5) is 10.8 Å². The normalized spacial score (nSPS) is 16.6. The molecule has 1 amide bonds. The second-order valence-electron chi connectivity index (χ2n) is 8.32. The van der Waals surface area contributed by atoms with Crippen molar-refractivity contribution in [1.82, 2.24) is 4.98 Å². The molecule has 3 aromatic rings. The maximum absolute atomic E-state index is 13.0. The zero-order valence-corrected chi connectivity index (χ0v) is 20.5. The Kier molecular flexibility index (Phi) is 5.86. The zero-order valence-electron chi connectivity index (χ0n) is 18.9. The van der Waals surface area contributed by atoms with Gasteiger partial charge < -0.3 is 9.64 Å². The summed E-state index contributed by atoms with van der Waals surface area (Å²) in [5.74, 6) is 0.854. The highest BCUT2D eigenvalue weighted by molar-refractivity contribution is 7.90. The molecule has 1 aromatic heterocycles. The number of anilines is 2. The number of nitrogens with one attached hydrogen (secondary N) is 1. The van der Waals surface area contributed by atoms with Gasteiger partial charge >= 0.3 is 0 Å². The average molecular weight is 497 g/mol. The van der Waals surface area contributed by atoms with E-state index in [2.05, 4.69) is 14.7 Å². The largest absolute Gasteiger partial charge is 0.496 e. The number of benzene rings is 2. The van der Waals surface area contributed by atoms with Crippen LogP contribution in [0.2, 0.25) is 0 Å². The summed E-state index contributed by atoms with van der Waals surface area (Å²) in [5, 5.41) is 5.05. The topological polar surface area (TPSA) is 101 Å². The molecular weight excluding hydrogens is 472 g/mol. The van der Waals surface area contributed by atoms with Crippen LogP contribution in [0.25, 0.3) is 11.3 Å². The number of hydrogen-bond acceptors (Lipinski definition) is 7. The Morgan fingerprint density at radius 1 is 1.15 bits per heavy atom. The van der Waals surface area contributed by atoms with E-state index in [0.717, 1.165) is 36.9 Å². The van der Waals surface area contributed by atoms with Crippen LogP contribution in [-0.4, -0.2) is 38.8 Å². The van der Waals surface area contributed by atoms with Gasteiger partial charge in [-0.15, -0.1) is 15.7 Å². The molecule has 0 unspecified atom stereocenters. The highest BCUT2D eigenvalue weighted by atomic mass is 32.2. The van der Waals surface area contributed by atoms with Crippen LogP contribution in [0.5, 0.6) is 5.75 Å².